The molecule has 0 atom stereocenters. The van der Waals surface area contributed by atoms with Crippen molar-refractivity contribution in [3.05, 3.63) is 70.4 Å². The van der Waals surface area contributed by atoms with Crippen LogP contribution in [0.3, 0.4) is 0 Å². The summed E-state index contributed by atoms with van der Waals surface area (Å²) >= 11 is 0. The van der Waals surface area contributed by atoms with Crippen molar-refractivity contribution in [2.24, 2.45) is 0 Å². The molecular formula is C20H22N4O2. The van der Waals surface area contributed by atoms with Gasteiger partial charge in [0, 0.05) is 30.9 Å². The Morgan fingerprint density at radius 2 is 1.81 bits per heavy atom. The number of pyridine rings is 1. The van der Waals surface area contributed by atoms with Gasteiger partial charge >= 0.3 is 0 Å². The fraction of sp³-hybridized carbons (Fsp3) is 0.300. The first-order valence-electron chi connectivity index (χ1n) is 8.87. The lowest BCUT2D eigenvalue weighted by molar-refractivity contribution is 0.0945. The lowest BCUT2D eigenvalue weighted by Crippen LogP contribution is -2.30. The van der Waals surface area contributed by atoms with Gasteiger partial charge in [-0.2, -0.15) is 5.10 Å². The molecule has 1 N–H and O–H groups in total. The fourth-order valence-corrected chi connectivity index (χ4v) is 2.83. The van der Waals surface area contributed by atoms with Gasteiger partial charge in [0.05, 0.1) is 5.39 Å². The van der Waals surface area contributed by atoms with Gasteiger partial charge in [-0.1, -0.05) is 38.0 Å². The van der Waals surface area contributed by atoms with Crippen LogP contribution in [0.2, 0.25) is 0 Å². The van der Waals surface area contributed by atoms with E-state index >= 15 is 0 Å². The Balaban J connectivity index is 1.91. The van der Waals surface area contributed by atoms with Crippen molar-refractivity contribution in [1.29, 1.82) is 0 Å². The Morgan fingerprint density at radius 1 is 1.08 bits per heavy atom. The standard InChI is InChI=1S/C20H22N4O2/c1-2-3-6-13-24-20(26)17-8-5-4-7-16(17)18(23-24)19(25)22-14-15-9-11-21-12-10-15/h4-5,7-12H,2-3,6,13-14H2,1H3,(H,22,25). The third-order valence-corrected chi connectivity index (χ3v) is 4.26. The molecule has 26 heavy (non-hydrogen) atoms. The van der Waals surface area contributed by atoms with Gasteiger partial charge in [-0.05, 0) is 30.2 Å². The lowest BCUT2D eigenvalue weighted by atomic mass is 10.1. The minimum absolute atomic E-state index is 0.151. The quantitative estimate of drug-likeness (QED) is 0.665. The van der Waals surface area contributed by atoms with Gasteiger partial charge in [-0.3, -0.25) is 14.6 Å². The summed E-state index contributed by atoms with van der Waals surface area (Å²) in [5, 5.41) is 8.34. The third kappa shape index (κ3) is 3.96. The van der Waals surface area contributed by atoms with Crippen LogP contribution in [0.15, 0.2) is 53.6 Å². The highest BCUT2D eigenvalue weighted by Gasteiger charge is 2.16. The van der Waals surface area contributed by atoms with Crippen LogP contribution in [0.4, 0.5) is 0 Å². The molecule has 0 unspecified atom stereocenters. The number of nitrogens with one attached hydrogen (secondary N) is 1. The van der Waals surface area contributed by atoms with Crippen LogP contribution in [0.5, 0.6) is 0 Å². The highest BCUT2D eigenvalue weighted by atomic mass is 16.2. The zero-order valence-electron chi connectivity index (χ0n) is 14.8. The minimum atomic E-state index is -0.290. The molecule has 0 fully saturated rings. The Hall–Kier alpha value is -3.02. The summed E-state index contributed by atoms with van der Waals surface area (Å²) in [7, 11) is 0. The molecule has 3 aromatic rings. The molecule has 0 radical (unpaired) electrons. The van der Waals surface area contributed by atoms with E-state index in [2.05, 4.69) is 22.3 Å². The van der Waals surface area contributed by atoms with E-state index in [1.807, 2.05) is 18.2 Å². The molecule has 0 aliphatic carbocycles. The summed E-state index contributed by atoms with van der Waals surface area (Å²) in [6.45, 7) is 3.00. The van der Waals surface area contributed by atoms with Crippen molar-refractivity contribution in [3.8, 4) is 0 Å². The van der Waals surface area contributed by atoms with Crippen molar-refractivity contribution in [2.45, 2.75) is 39.3 Å². The smallest absolute Gasteiger partial charge is 0.274 e. The zero-order valence-corrected chi connectivity index (χ0v) is 14.8. The Kier molecular flexibility index (Phi) is 5.73. The summed E-state index contributed by atoms with van der Waals surface area (Å²) in [4.78, 5) is 29.3. The predicted octanol–water partition coefficient (Wildman–Crippen LogP) is 2.91. The highest BCUT2D eigenvalue weighted by molar-refractivity contribution is 6.04. The molecule has 134 valence electrons. The molecule has 1 aromatic carbocycles. The van der Waals surface area contributed by atoms with Crippen molar-refractivity contribution in [3.63, 3.8) is 0 Å². The second kappa shape index (κ2) is 8.38. The van der Waals surface area contributed by atoms with Crippen LogP contribution in [-0.2, 0) is 13.1 Å². The number of aromatic nitrogens is 3. The van der Waals surface area contributed by atoms with Gasteiger partial charge in [-0.25, -0.2) is 4.68 Å². The number of rotatable bonds is 7. The van der Waals surface area contributed by atoms with E-state index in [-0.39, 0.29) is 17.2 Å². The maximum atomic E-state index is 12.7. The van der Waals surface area contributed by atoms with Crippen molar-refractivity contribution < 1.29 is 4.79 Å². The Morgan fingerprint density at radius 3 is 2.54 bits per heavy atom. The monoisotopic (exact) mass is 350 g/mol. The van der Waals surface area contributed by atoms with Gasteiger partial charge in [-0.15, -0.1) is 0 Å². The van der Waals surface area contributed by atoms with Crippen LogP contribution >= 0.6 is 0 Å². The Bertz CT molecular complexity index is 951. The van der Waals surface area contributed by atoms with E-state index in [0.29, 0.717) is 23.9 Å². The topological polar surface area (TPSA) is 76.9 Å². The van der Waals surface area contributed by atoms with Crippen LogP contribution in [-0.4, -0.2) is 20.7 Å². The number of unbranched alkanes of at least 4 members (excludes halogenated alkanes) is 2. The molecule has 0 bridgehead atoms. The average Bonchev–Trinajstić information content (AvgIpc) is 2.69. The number of amides is 1. The maximum Gasteiger partial charge on any atom is 0.274 e. The summed E-state index contributed by atoms with van der Waals surface area (Å²) in [6, 6.07) is 10.8. The second-order valence-electron chi connectivity index (χ2n) is 6.17. The van der Waals surface area contributed by atoms with E-state index in [1.54, 1.807) is 30.6 Å². The van der Waals surface area contributed by atoms with Gasteiger partial charge in [0.1, 0.15) is 0 Å². The third-order valence-electron chi connectivity index (χ3n) is 4.26. The number of benzene rings is 1. The Labute approximate surface area is 151 Å². The number of nitrogens with zero attached hydrogens (tertiary/aromatic N) is 3. The number of hydrogen-bond donors (Lipinski definition) is 1. The van der Waals surface area contributed by atoms with E-state index < -0.39 is 0 Å². The molecule has 0 aliphatic heterocycles. The van der Waals surface area contributed by atoms with Gasteiger partial charge in [0.2, 0.25) is 0 Å². The molecule has 0 aliphatic rings. The molecular weight excluding hydrogens is 328 g/mol. The van der Waals surface area contributed by atoms with Gasteiger partial charge in [0.25, 0.3) is 11.5 Å². The van der Waals surface area contributed by atoms with Crippen LogP contribution in [0.1, 0.15) is 42.2 Å². The van der Waals surface area contributed by atoms with Crippen molar-refractivity contribution >= 4 is 16.7 Å². The first-order valence-corrected chi connectivity index (χ1v) is 8.87. The van der Waals surface area contributed by atoms with Crippen LogP contribution < -0.4 is 10.9 Å². The fourth-order valence-electron chi connectivity index (χ4n) is 2.83. The number of carbonyl (C=O) groups excluding carboxylic acids is 1. The number of carbonyl (C=O) groups is 1. The molecule has 0 saturated heterocycles. The molecule has 6 heteroatoms. The molecule has 0 spiro atoms. The van der Waals surface area contributed by atoms with Gasteiger partial charge in [0.15, 0.2) is 5.69 Å². The minimum Gasteiger partial charge on any atom is -0.347 e. The highest BCUT2D eigenvalue weighted by Crippen LogP contribution is 2.14. The van der Waals surface area contributed by atoms with E-state index in [0.717, 1.165) is 24.8 Å². The molecule has 2 aromatic heterocycles. The first-order chi connectivity index (χ1) is 12.7. The van der Waals surface area contributed by atoms with Crippen molar-refractivity contribution in [2.75, 3.05) is 0 Å². The summed E-state index contributed by atoms with van der Waals surface area (Å²) in [5.41, 5.74) is 1.09. The van der Waals surface area contributed by atoms with E-state index in [1.165, 1.54) is 4.68 Å². The summed E-state index contributed by atoms with van der Waals surface area (Å²) in [5.74, 6) is -0.290. The first kappa shape index (κ1) is 17.8. The molecule has 6 nitrogen and oxygen atoms in total. The van der Waals surface area contributed by atoms with E-state index in [4.69, 9.17) is 0 Å². The maximum absolute atomic E-state index is 12.7. The molecule has 3 rings (SSSR count). The van der Waals surface area contributed by atoms with Crippen molar-refractivity contribution in [1.82, 2.24) is 20.1 Å². The normalized spacial score (nSPS) is 10.8. The second-order valence-corrected chi connectivity index (χ2v) is 6.17. The molecule has 0 saturated carbocycles. The zero-order chi connectivity index (χ0) is 18.4. The predicted molar refractivity (Wildman–Crippen MR) is 101 cm³/mol. The largest absolute Gasteiger partial charge is 0.347 e. The summed E-state index contributed by atoms with van der Waals surface area (Å²) < 4.78 is 1.42. The van der Waals surface area contributed by atoms with Gasteiger partial charge < -0.3 is 5.32 Å². The lowest BCUT2D eigenvalue weighted by Gasteiger charge is -2.11. The SMILES string of the molecule is CCCCCn1nc(C(=O)NCc2ccncc2)c2ccccc2c1=O. The number of fused-ring (bicyclic) bond motifs is 1. The molecule has 1 amide bonds. The number of aryl methyl sites for hydroxylation is 1. The van der Waals surface area contributed by atoms with Crippen LogP contribution in [0, 0.1) is 0 Å². The summed E-state index contributed by atoms with van der Waals surface area (Å²) in [6.07, 6.45) is 6.30. The average molecular weight is 350 g/mol. The molecule has 2 heterocycles. The van der Waals surface area contributed by atoms with Crippen LogP contribution in [0.25, 0.3) is 10.8 Å². The van der Waals surface area contributed by atoms with E-state index in [9.17, 15) is 9.59 Å². The number of hydrogen-bond acceptors (Lipinski definition) is 4.